The van der Waals surface area contributed by atoms with E-state index in [2.05, 4.69) is 34.6 Å². The van der Waals surface area contributed by atoms with Crippen LogP contribution >= 0.6 is 0 Å². The molecule has 2 amide bonds. The van der Waals surface area contributed by atoms with Crippen LogP contribution in [0.1, 0.15) is 60.3 Å². The van der Waals surface area contributed by atoms with Gasteiger partial charge in [-0.1, -0.05) is 41.0 Å². The summed E-state index contributed by atoms with van der Waals surface area (Å²) in [5.74, 6) is 1.07. The van der Waals surface area contributed by atoms with Crippen LogP contribution in [-0.2, 0) is 9.59 Å². The number of carbonyl (C=O) groups excluding carboxylic acids is 2. The van der Waals surface area contributed by atoms with Gasteiger partial charge in [-0.3, -0.25) is 9.59 Å². The molecule has 122 valence electrons. The van der Waals surface area contributed by atoms with Crippen LogP contribution in [0, 0.1) is 11.8 Å². The van der Waals surface area contributed by atoms with Crippen molar-refractivity contribution >= 4 is 11.8 Å². The summed E-state index contributed by atoms with van der Waals surface area (Å²) in [5.41, 5.74) is 0. The topological polar surface area (TPSA) is 40.6 Å². The second-order valence-corrected chi connectivity index (χ2v) is 7.13. The van der Waals surface area contributed by atoms with Crippen molar-refractivity contribution in [3.05, 3.63) is 0 Å². The zero-order valence-corrected chi connectivity index (χ0v) is 14.6. The van der Waals surface area contributed by atoms with Gasteiger partial charge in [-0.05, 0) is 31.1 Å². The highest BCUT2D eigenvalue weighted by Crippen LogP contribution is 2.25. The van der Waals surface area contributed by atoms with Crippen LogP contribution in [0.2, 0.25) is 0 Å². The summed E-state index contributed by atoms with van der Waals surface area (Å²) in [6, 6.07) is -0.546. The maximum atomic E-state index is 12.8. The van der Waals surface area contributed by atoms with Gasteiger partial charge in [-0.25, -0.2) is 0 Å². The molecule has 1 aliphatic rings. The molecule has 0 spiro atoms. The Morgan fingerprint density at radius 1 is 0.952 bits per heavy atom. The molecule has 0 aromatic carbocycles. The van der Waals surface area contributed by atoms with Gasteiger partial charge in [-0.15, -0.1) is 0 Å². The molecule has 1 fully saturated rings. The fourth-order valence-corrected chi connectivity index (χ4v) is 3.01. The van der Waals surface area contributed by atoms with Gasteiger partial charge in [0.25, 0.3) is 0 Å². The van der Waals surface area contributed by atoms with Gasteiger partial charge < -0.3 is 9.80 Å². The molecule has 1 aliphatic heterocycles. The average Bonchev–Trinajstić information content (AvgIpc) is 2.40. The molecule has 2 unspecified atom stereocenters. The first-order valence-corrected chi connectivity index (χ1v) is 8.36. The summed E-state index contributed by atoms with van der Waals surface area (Å²) in [6.45, 7) is 11.2. The van der Waals surface area contributed by atoms with Crippen LogP contribution in [0.3, 0.4) is 0 Å². The van der Waals surface area contributed by atoms with Crippen molar-refractivity contribution in [1.82, 2.24) is 9.80 Å². The maximum Gasteiger partial charge on any atom is 0.246 e. The van der Waals surface area contributed by atoms with E-state index in [1.54, 1.807) is 11.9 Å². The van der Waals surface area contributed by atoms with Crippen LogP contribution in [-0.4, -0.2) is 47.3 Å². The lowest BCUT2D eigenvalue weighted by atomic mass is 9.93. The summed E-state index contributed by atoms with van der Waals surface area (Å²) in [5, 5.41) is 0. The first-order valence-electron chi connectivity index (χ1n) is 8.36. The molecule has 4 nitrogen and oxygen atoms in total. The quantitative estimate of drug-likeness (QED) is 0.725. The number of carbonyl (C=O) groups is 2. The molecule has 1 saturated heterocycles. The molecule has 0 saturated carbocycles. The number of nitrogens with zero attached hydrogens (tertiary/aromatic N) is 2. The van der Waals surface area contributed by atoms with Crippen LogP contribution in [0.25, 0.3) is 0 Å². The smallest absolute Gasteiger partial charge is 0.246 e. The third-order valence-electron chi connectivity index (χ3n) is 4.19. The number of unbranched alkanes of at least 4 members (excludes halogenated alkanes) is 1. The predicted octanol–water partition coefficient (Wildman–Crippen LogP) is 2.92. The standard InChI is InChI=1S/C17H32N2O2/c1-7-8-9-19-15(11-13(4)5)16(20)18(6)14(17(19)21)10-12(2)3/h12-15H,7-11H2,1-6H3. The van der Waals surface area contributed by atoms with Gasteiger partial charge in [0.2, 0.25) is 11.8 Å². The van der Waals surface area contributed by atoms with E-state index in [1.165, 1.54) is 0 Å². The number of hydrogen-bond acceptors (Lipinski definition) is 2. The molecule has 0 aromatic rings. The van der Waals surface area contributed by atoms with Crippen molar-refractivity contribution in [1.29, 1.82) is 0 Å². The molecular formula is C17H32N2O2. The molecule has 21 heavy (non-hydrogen) atoms. The molecule has 0 aliphatic carbocycles. The highest BCUT2D eigenvalue weighted by atomic mass is 16.2. The Labute approximate surface area is 129 Å². The van der Waals surface area contributed by atoms with Crippen molar-refractivity contribution in [2.45, 2.75) is 72.4 Å². The highest BCUT2D eigenvalue weighted by molar-refractivity contribution is 5.96. The van der Waals surface area contributed by atoms with Crippen LogP contribution in [0.4, 0.5) is 0 Å². The molecule has 1 heterocycles. The fraction of sp³-hybridized carbons (Fsp3) is 0.882. The maximum absolute atomic E-state index is 12.8. The molecule has 0 radical (unpaired) electrons. The van der Waals surface area contributed by atoms with Crippen molar-refractivity contribution < 1.29 is 9.59 Å². The van der Waals surface area contributed by atoms with Crippen LogP contribution < -0.4 is 0 Å². The molecule has 0 bridgehead atoms. The predicted molar refractivity (Wildman–Crippen MR) is 85.9 cm³/mol. The minimum atomic E-state index is -0.280. The first-order chi connectivity index (χ1) is 9.79. The Balaban J connectivity index is 2.99. The van der Waals surface area contributed by atoms with Gasteiger partial charge in [0.15, 0.2) is 0 Å². The lowest BCUT2D eigenvalue weighted by molar-refractivity contribution is -0.161. The number of amides is 2. The monoisotopic (exact) mass is 296 g/mol. The molecule has 4 heteroatoms. The number of likely N-dealkylation sites (N-methyl/N-ethyl adjacent to an activating group) is 1. The molecule has 0 aromatic heterocycles. The minimum Gasteiger partial charge on any atom is -0.332 e. The Morgan fingerprint density at radius 3 is 1.95 bits per heavy atom. The Morgan fingerprint density at radius 2 is 1.48 bits per heavy atom. The van der Waals surface area contributed by atoms with E-state index >= 15 is 0 Å². The number of piperazine rings is 1. The largest absolute Gasteiger partial charge is 0.332 e. The van der Waals surface area contributed by atoms with E-state index in [4.69, 9.17) is 0 Å². The third-order valence-corrected chi connectivity index (χ3v) is 4.19. The second kappa shape index (κ2) is 7.81. The highest BCUT2D eigenvalue weighted by Gasteiger charge is 2.43. The molecule has 0 N–H and O–H groups in total. The van der Waals surface area contributed by atoms with Crippen molar-refractivity contribution in [3.63, 3.8) is 0 Å². The van der Waals surface area contributed by atoms with Gasteiger partial charge in [0.1, 0.15) is 12.1 Å². The minimum absolute atomic E-state index is 0.116. The lowest BCUT2D eigenvalue weighted by Crippen LogP contribution is -2.64. The summed E-state index contributed by atoms with van der Waals surface area (Å²) in [7, 11) is 1.79. The average molecular weight is 296 g/mol. The van der Waals surface area contributed by atoms with E-state index in [9.17, 15) is 9.59 Å². The zero-order valence-electron chi connectivity index (χ0n) is 14.6. The number of hydrogen-bond donors (Lipinski definition) is 0. The molecule has 2 atom stereocenters. The van der Waals surface area contributed by atoms with E-state index < -0.39 is 0 Å². The zero-order chi connectivity index (χ0) is 16.2. The summed E-state index contributed by atoms with van der Waals surface area (Å²) in [4.78, 5) is 29.1. The van der Waals surface area contributed by atoms with Crippen LogP contribution in [0.15, 0.2) is 0 Å². The SMILES string of the molecule is CCCCN1C(=O)C(CC(C)C)N(C)C(=O)C1CC(C)C. The van der Waals surface area contributed by atoms with E-state index in [1.807, 2.05) is 4.90 Å². The lowest BCUT2D eigenvalue weighted by Gasteiger charge is -2.44. The normalized spacial score (nSPS) is 23.6. The van der Waals surface area contributed by atoms with E-state index in [0.717, 1.165) is 25.7 Å². The van der Waals surface area contributed by atoms with Crippen molar-refractivity contribution in [2.75, 3.05) is 13.6 Å². The van der Waals surface area contributed by atoms with Gasteiger partial charge in [0.05, 0.1) is 0 Å². The second-order valence-electron chi connectivity index (χ2n) is 7.13. The summed E-state index contributed by atoms with van der Waals surface area (Å²) >= 11 is 0. The molecule has 1 rings (SSSR count). The van der Waals surface area contributed by atoms with Crippen LogP contribution in [0.5, 0.6) is 0 Å². The molecular weight excluding hydrogens is 264 g/mol. The summed E-state index contributed by atoms with van der Waals surface area (Å²) < 4.78 is 0. The Hall–Kier alpha value is -1.06. The third kappa shape index (κ3) is 4.45. The summed E-state index contributed by atoms with van der Waals surface area (Å²) in [6.07, 6.45) is 3.51. The Kier molecular flexibility index (Phi) is 6.69. The van der Waals surface area contributed by atoms with Gasteiger partial charge in [-0.2, -0.15) is 0 Å². The van der Waals surface area contributed by atoms with E-state index in [0.29, 0.717) is 18.4 Å². The van der Waals surface area contributed by atoms with Crippen molar-refractivity contribution in [3.8, 4) is 0 Å². The van der Waals surface area contributed by atoms with Gasteiger partial charge in [0, 0.05) is 13.6 Å². The first kappa shape index (κ1) is 18.0. The van der Waals surface area contributed by atoms with Crippen molar-refractivity contribution in [2.24, 2.45) is 11.8 Å². The fourth-order valence-electron chi connectivity index (χ4n) is 3.01. The number of rotatable bonds is 7. The Bertz CT molecular complexity index is 366. The van der Waals surface area contributed by atoms with Gasteiger partial charge >= 0.3 is 0 Å². The van der Waals surface area contributed by atoms with E-state index in [-0.39, 0.29) is 23.9 Å².